The smallest absolute Gasteiger partial charge is 0.328 e. The third-order valence-corrected chi connectivity index (χ3v) is 7.62. The Hall–Kier alpha value is -4.04. The summed E-state index contributed by atoms with van der Waals surface area (Å²) in [6, 6.07) is 20.1. The largest absolute Gasteiger partial charge is 0.478 e. The summed E-state index contributed by atoms with van der Waals surface area (Å²) in [5.41, 5.74) is 3.64. The Bertz CT molecular complexity index is 1370. The summed E-state index contributed by atoms with van der Waals surface area (Å²) in [6.45, 7) is 1.97. The molecule has 3 aromatic rings. The average molecular weight is 503 g/mol. The van der Waals surface area contributed by atoms with E-state index in [1.54, 1.807) is 12.1 Å². The van der Waals surface area contributed by atoms with Crippen molar-refractivity contribution in [3.8, 4) is 0 Å². The summed E-state index contributed by atoms with van der Waals surface area (Å²) < 4.78 is 13.3. The molecule has 8 heteroatoms. The van der Waals surface area contributed by atoms with E-state index in [2.05, 4.69) is 41.3 Å². The Morgan fingerprint density at radius 2 is 1.54 bits per heavy atom. The SMILES string of the molecule is O=C(O)C=CC(=O)O.O=C1CC2(CCN(C3Cc4cccc5cccc3c45)CC2)N1c1ccc(F)cc1. The Kier molecular flexibility index (Phi) is 6.52. The number of hydrogen-bond acceptors (Lipinski definition) is 4. The summed E-state index contributed by atoms with van der Waals surface area (Å²) in [7, 11) is 0. The maximum Gasteiger partial charge on any atom is 0.328 e. The van der Waals surface area contributed by atoms with Crippen LogP contribution in [-0.2, 0) is 20.8 Å². The van der Waals surface area contributed by atoms with Crippen LogP contribution >= 0.6 is 0 Å². The van der Waals surface area contributed by atoms with Crippen LogP contribution in [0.15, 0.2) is 72.8 Å². The number of carboxylic acids is 2. The zero-order valence-corrected chi connectivity index (χ0v) is 20.1. The van der Waals surface area contributed by atoms with Crippen molar-refractivity contribution >= 4 is 34.3 Å². The third-order valence-electron chi connectivity index (χ3n) is 7.62. The van der Waals surface area contributed by atoms with Crippen LogP contribution in [0, 0.1) is 5.82 Å². The van der Waals surface area contributed by atoms with E-state index in [0.29, 0.717) is 24.6 Å². The fourth-order valence-corrected chi connectivity index (χ4v) is 5.96. The molecular weight excluding hydrogens is 475 g/mol. The first-order valence-electron chi connectivity index (χ1n) is 12.2. The number of β-lactam (4-membered cyclic amide) rings is 1. The minimum absolute atomic E-state index is 0.0944. The summed E-state index contributed by atoms with van der Waals surface area (Å²) in [6.07, 6.45) is 4.74. The highest BCUT2D eigenvalue weighted by atomic mass is 19.1. The van der Waals surface area contributed by atoms with Gasteiger partial charge in [0.15, 0.2) is 0 Å². The summed E-state index contributed by atoms with van der Waals surface area (Å²) >= 11 is 0. The summed E-state index contributed by atoms with van der Waals surface area (Å²) in [4.78, 5) is 36.1. The molecule has 190 valence electrons. The number of halogens is 1. The topological polar surface area (TPSA) is 98.1 Å². The van der Waals surface area contributed by atoms with Crippen molar-refractivity contribution in [2.45, 2.75) is 37.3 Å². The van der Waals surface area contributed by atoms with Crippen LogP contribution in [0.25, 0.3) is 10.8 Å². The van der Waals surface area contributed by atoms with Crippen molar-refractivity contribution in [3.05, 3.63) is 89.8 Å². The van der Waals surface area contributed by atoms with Gasteiger partial charge in [0.2, 0.25) is 5.91 Å². The molecule has 2 fully saturated rings. The molecule has 2 N–H and O–H groups in total. The number of benzene rings is 3. The first kappa shape index (κ1) is 24.6. The molecule has 0 saturated carbocycles. The highest BCUT2D eigenvalue weighted by molar-refractivity contribution is 6.02. The molecule has 1 atom stereocenters. The van der Waals surface area contributed by atoms with Gasteiger partial charge in [0.1, 0.15) is 5.82 Å². The summed E-state index contributed by atoms with van der Waals surface area (Å²) in [5.74, 6) is -2.62. The molecule has 1 spiro atoms. The van der Waals surface area contributed by atoms with E-state index in [1.807, 2.05) is 4.90 Å². The molecule has 3 aromatic carbocycles. The normalized spacial score (nSPS) is 20.1. The van der Waals surface area contributed by atoms with Gasteiger partial charge in [0, 0.05) is 37.0 Å². The number of carbonyl (C=O) groups is 3. The van der Waals surface area contributed by atoms with E-state index in [9.17, 15) is 18.8 Å². The molecular formula is C29H27FN2O5. The van der Waals surface area contributed by atoms with Crippen LogP contribution in [0.4, 0.5) is 10.1 Å². The molecule has 37 heavy (non-hydrogen) atoms. The number of carbonyl (C=O) groups excluding carboxylic acids is 1. The van der Waals surface area contributed by atoms with Gasteiger partial charge in [-0.2, -0.15) is 0 Å². The van der Waals surface area contributed by atoms with Crippen molar-refractivity contribution in [2.24, 2.45) is 0 Å². The minimum Gasteiger partial charge on any atom is -0.478 e. The molecule has 0 bridgehead atoms. The van der Waals surface area contributed by atoms with Crippen LogP contribution in [0.1, 0.15) is 36.4 Å². The number of anilines is 1. The maximum atomic E-state index is 13.3. The van der Waals surface area contributed by atoms with Crippen LogP contribution in [-0.4, -0.2) is 51.6 Å². The lowest BCUT2D eigenvalue weighted by molar-refractivity contribution is -0.134. The van der Waals surface area contributed by atoms with Gasteiger partial charge in [-0.1, -0.05) is 36.4 Å². The Labute approximate surface area is 213 Å². The van der Waals surface area contributed by atoms with Gasteiger partial charge in [-0.15, -0.1) is 0 Å². The molecule has 2 aliphatic heterocycles. The number of aliphatic carboxylic acids is 2. The van der Waals surface area contributed by atoms with Gasteiger partial charge in [-0.05, 0) is 65.4 Å². The van der Waals surface area contributed by atoms with Crippen molar-refractivity contribution < 1.29 is 29.0 Å². The monoisotopic (exact) mass is 502 g/mol. The molecule has 0 radical (unpaired) electrons. The second-order valence-electron chi connectivity index (χ2n) is 9.73. The van der Waals surface area contributed by atoms with E-state index < -0.39 is 11.9 Å². The Morgan fingerprint density at radius 1 is 0.919 bits per heavy atom. The first-order chi connectivity index (χ1) is 17.8. The molecule has 6 rings (SSSR count). The zero-order valence-electron chi connectivity index (χ0n) is 20.1. The van der Waals surface area contributed by atoms with E-state index in [4.69, 9.17) is 10.2 Å². The minimum atomic E-state index is -1.26. The second-order valence-corrected chi connectivity index (χ2v) is 9.73. The van der Waals surface area contributed by atoms with Gasteiger partial charge in [-0.3, -0.25) is 9.69 Å². The van der Waals surface area contributed by atoms with Crippen LogP contribution in [0.5, 0.6) is 0 Å². The average Bonchev–Trinajstić information content (AvgIpc) is 3.25. The van der Waals surface area contributed by atoms with Crippen LogP contribution < -0.4 is 4.90 Å². The fourth-order valence-electron chi connectivity index (χ4n) is 5.96. The highest BCUT2D eigenvalue weighted by Gasteiger charge is 2.53. The molecule has 0 aromatic heterocycles. The lowest BCUT2D eigenvalue weighted by Gasteiger charge is -2.56. The number of nitrogens with zero attached hydrogens (tertiary/aromatic N) is 2. The predicted octanol–water partition coefficient (Wildman–Crippen LogP) is 4.56. The first-order valence-corrected chi connectivity index (χ1v) is 12.2. The Balaban J connectivity index is 0.000000307. The van der Waals surface area contributed by atoms with Gasteiger partial charge in [0.25, 0.3) is 0 Å². The van der Waals surface area contributed by atoms with Crippen molar-refractivity contribution in [3.63, 3.8) is 0 Å². The standard InChI is InChI=1S/C25H23FN2O.C4H4O4/c26-19-7-9-20(10-8-19)28-23(29)16-25(28)11-13-27(14-12-25)22-15-18-5-1-3-17-4-2-6-21(22)24(17)18;5-3(6)1-2-4(7)8/h1-10,22H,11-16H2;1-2H,(H,5,6)(H,7,8). The quantitative estimate of drug-likeness (QED) is 0.401. The number of amides is 1. The number of carboxylic acid groups (broad SMARTS) is 2. The molecule has 2 heterocycles. The predicted molar refractivity (Wildman–Crippen MR) is 137 cm³/mol. The molecule has 3 aliphatic rings. The maximum absolute atomic E-state index is 13.3. The number of hydrogen-bond donors (Lipinski definition) is 2. The van der Waals surface area contributed by atoms with E-state index in [0.717, 1.165) is 38.0 Å². The Morgan fingerprint density at radius 3 is 2.14 bits per heavy atom. The van der Waals surface area contributed by atoms with Crippen molar-refractivity contribution in [2.75, 3.05) is 18.0 Å². The molecule has 1 amide bonds. The number of likely N-dealkylation sites (tertiary alicyclic amines) is 1. The van der Waals surface area contributed by atoms with E-state index in [-0.39, 0.29) is 17.3 Å². The number of rotatable bonds is 4. The molecule has 2 saturated heterocycles. The lowest BCUT2D eigenvalue weighted by Crippen LogP contribution is -2.67. The third kappa shape index (κ3) is 4.72. The van der Waals surface area contributed by atoms with Gasteiger partial charge >= 0.3 is 11.9 Å². The fraction of sp³-hybridized carbons (Fsp3) is 0.276. The van der Waals surface area contributed by atoms with E-state index >= 15 is 0 Å². The number of piperidine rings is 1. The van der Waals surface area contributed by atoms with Gasteiger partial charge in [0.05, 0.1) is 12.0 Å². The van der Waals surface area contributed by atoms with Crippen molar-refractivity contribution in [1.82, 2.24) is 4.90 Å². The molecule has 1 unspecified atom stereocenters. The lowest BCUT2D eigenvalue weighted by atomic mass is 9.75. The molecule has 7 nitrogen and oxygen atoms in total. The van der Waals surface area contributed by atoms with Crippen LogP contribution in [0.2, 0.25) is 0 Å². The van der Waals surface area contributed by atoms with Crippen LogP contribution in [0.3, 0.4) is 0 Å². The summed E-state index contributed by atoms with van der Waals surface area (Å²) in [5, 5.41) is 18.4. The highest BCUT2D eigenvalue weighted by Crippen LogP contribution is 2.47. The van der Waals surface area contributed by atoms with E-state index in [1.165, 1.54) is 34.0 Å². The van der Waals surface area contributed by atoms with Crippen molar-refractivity contribution in [1.29, 1.82) is 0 Å². The zero-order chi connectivity index (χ0) is 26.2. The second kappa shape index (κ2) is 9.78. The van der Waals surface area contributed by atoms with Gasteiger partial charge in [-0.25, -0.2) is 14.0 Å². The molecule has 1 aliphatic carbocycles. The van der Waals surface area contributed by atoms with Gasteiger partial charge < -0.3 is 15.1 Å².